The first-order valence-corrected chi connectivity index (χ1v) is 14.3. The van der Waals surface area contributed by atoms with Gasteiger partial charge in [0, 0.05) is 12.8 Å². The van der Waals surface area contributed by atoms with Crippen molar-refractivity contribution in [3.05, 3.63) is 0 Å². The van der Waals surface area contributed by atoms with Crippen LogP contribution >= 0.6 is 7.82 Å². The lowest BCUT2D eigenvalue weighted by molar-refractivity contribution is -0.870. The lowest BCUT2D eigenvalue weighted by Crippen LogP contribution is -2.37. The van der Waals surface area contributed by atoms with Crippen LogP contribution in [0.5, 0.6) is 0 Å². The topological polar surface area (TPSA) is 108 Å². The molecule has 0 aromatic heterocycles. The Kier molecular flexibility index (Phi) is 18.7. The van der Waals surface area contributed by atoms with E-state index in [1.54, 1.807) is 0 Å². The van der Waals surface area contributed by atoms with Crippen LogP contribution in [0.15, 0.2) is 0 Å². The van der Waals surface area contributed by atoms with Crippen molar-refractivity contribution in [3.63, 3.8) is 0 Å². The number of quaternary nitrogens is 1. The van der Waals surface area contributed by atoms with Crippen LogP contribution in [0.1, 0.15) is 90.9 Å². The summed E-state index contributed by atoms with van der Waals surface area (Å²) in [5, 5.41) is 0. The van der Waals surface area contributed by atoms with Gasteiger partial charge in [-0.15, -0.1) is 0 Å². The van der Waals surface area contributed by atoms with Gasteiger partial charge < -0.3 is 18.9 Å². The monoisotopic (exact) mass is 510 g/mol. The highest BCUT2D eigenvalue weighted by atomic mass is 31.2. The quantitative estimate of drug-likeness (QED) is 0.0938. The number of carbonyl (C=O) groups excluding carboxylic acids is 2. The van der Waals surface area contributed by atoms with Crippen molar-refractivity contribution < 1.29 is 42.1 Å². The number of carbonyl (C=O) groups is 2. The highest BCUT2D eigenvalue weighted by Crippen LogP contribution is 2.43. The third-order valence-electron chi connectivity index (χ3n) is 5.11. The summed E-state index contributed by atoms with van der Waals surface area (Å²) in [6.45, 7) is 3.96. The minimum absolute atomic E-state index is 0.0336. The molecule has 0 rings (SSSR count). The molecule has 34 heavy (non-hydrogen) atoms. The molecule has 0 aliphatic heterocycles. The van der Waals surface area contributed by atoms with Crippen LogP contribution < -0.4 is 0 Å². The Bertz CT molecular complexity index is 594. The molecule has 2 unspecified atom stereocenters. The van der Waals surface area contributed by atoms with Crippen LogP contribution in [-0.2, 0) is 32.7 Å². The first-order valence-electron chi connectivity index (χ1n) is 12.8. The Morgan fingerprint density at radius 3 is 1.94 bits per heavy atom. The fraction of sp³-hybridized carbons (Fsp3) is 0.917. The van der Waals surface area contributed by atoms with Crippen molar-refractivity contribution in [2.24, 2.45) is 0 Å². The van der Waals surface area contributed by atoms with E-state index in [2.05, 4.69) is 6.92 Å². The highest BCUT2D eigenvalue weighted by molar-refractivity contribution is 7.47. The predicted octanol–water partition coefficient (Wildman–Crippen LogP) is 5.00. The fourth-order valence-corrected chi connectivity index (χ4v) is 3.79. The third kappa shape index (κ3) is 21.5. The second-order valence-electron chi connectivity index (χ2n) is 9.73. The number of hydrogen-bond donors (Lipinski definition) is 1. The molecule has 1 N–H and O–H groups in total. The van der Waals surface area contributed by atoms with E-state index in [0.717, 1.165) is 12.8 Å². The summed E-state index contributed by atoms with van der Waals surface area (Å²) in [5.41, 5.74) is 0. The molecule has 0 amide bonds. The fourth-order valence-electron chi connectivity index (χ4n) is 3.05. The summed E-state index contributed by atoms with van der Waals surface area (Å²) in [7, 11) is 1.47. The van der Waals surface area contributed by atoms with Crippen molar-refractivity contribution in [1.29, 1.82) is 0 Å². The smallest absolute Gasteiger partial charge is 0.462 e. The standard InChI is InChI=1S/C24H48NO8P/c1-6-8-9-10-11-12-13-14-15-17-24(27)33-22(20-30-23(26)16-7-2)21-32-34(28,29)31-19-18-25(3,4)5/h22H,6-21H2,1-5H3/p+1. The number of ether oxygens (including phenoxy) is 2. The van der Waals surface area contributed by atoms with Gasteiger partial charge >= 0.3 is 19.8 Å². The Labute approximate surface area is 206 Å². The van der Waals surface area contributed by atoms with Gasteiger partial charge in [0.05, 0.1) is 27.7 Å². The lowest BCUT2D eigenvalue weighted by atomic mass is 10.1. The van der Waals surface area contributed by atoms with Crippen molar-refractivity contribution >= 4 is 19.8 Å². The molecular weight excluding hydrogens is 461 g/mol. The number of nitrogens with zero attached hydrogens (tertiary/aromatic N) is 1. The second kappa shape index (κ2) is 19.2. The van der Waals surface area contributed by atoms with E-state index in [1.165, 1.54) is 38.5 Å². The third-order valence-corrected chi connectivity index (χ3v) is 6.09. The second-order valence-corrected chi connectivity index (χ2v) is 11.2. The molecule has 0 aromatic rings. The van der Waals surface area contributed by atoms with E-state index in [4.69, 9.17) is 18.5 Å². The maximum absolute atomic E-state index is 12.3. The van der Waals surface area contributed by atoms with Gasteiger partial charge in [-0.2, -0.15) is 0 Å². The number of rotatable bonds is 22. The zero-order valence-electron chi connectivity index (χ0n) is 22.1. The Morgan fingerprint density at radius 1 is 0.794 bits per heavy atom. The van der Waals surface area contributed by atoms with Crippen LogP contribution in [0.4, 0.5) is 0 Å². The summed E-state index contributed by atoms with van der Waals surface area (Å²) >= 11 is 0. The molecule has 0 spiro atoms. The molecule has 0 heterocycles. The molecule has 0 bridgehead atoms. The number of likely N-dealkylation sites (N-methyl/N-ethyl adjacent to an activating group) is 1. The normalized spacial score (nSPS) is 14.4. The van der Waals surface area contributed by atoms with Crippen LogP contribution in [0.2, 0.25) is 0 Å². The lowest BCUT2D eigenvalue weighted by Gasteiger charge is -2.24. The van der Waals surface area contributed by atoms with Crippen LogP contribution in [0, 0.1) is 0 Å². The average molecular weight is 511 g/mol. The van der Waals surface area contributed by atoms with Gasteiger partial charge in [-0.05, 0) is 12.8 Å². The van der Waals surface area contributed by atoms with E-state index in [-0.39, 0.29) is 26.1 Å². The number of phosphoric acid groups is 1. The molecule has 0 saturated heterocycles. The molecule has 10 heteroatoms. The molecular formula is C24H49NO8P+. The summed E-state index contributed by atoms with van der Waals surface area (Å²) < 4.78 is 33.2. The number of unbranched alkanes of at least 4 members (excludes halogenated alkanes) is 8. The van der Waals surface area contributed by atoms with Crippen molar-refractivity contribution in [2.45, 2.75) is 97.0 Å². The summed E-state index contributed by atoms with van der Waals surface area (Å²) in [4.78, 5) is 33.8. The number of phosphoric ester groups is 1. The molecule has 9 nitrogen and oxygen atoms in total. The van der Waals surface area contributed by atoms with Crippen LogP contribution in [0.25, 0.3) is 0 Å². The summed E-state index contributed by atoms with van der Waals surface area (Å²) in [6.07, 6.45) is 10.4. The van der Waals surface area contributed by atoms with E-state index in [1.807, 2.05) is 28.1 Å². The summed E-state index contributed by atoms with van der Waals surface area (Å²) in [6, 6.07) is 0. The molecule has 2 atom stereocenters. The SMILES string of the molecule is CCCCCCCCCCCC(=O)OC(COC(=O)CCC)COP(=O)(O)OCC[N+](C)(C)C. The van der Waals surface area contributed by atoms with Gasteiger partial charge in [0.1, 0.15) is 19.8 Å². The van der Waals surface area contributed by atoms with E-state index in [0.29, 0.717) is 23.9 Å². The average Bonchev–Trinajstić information content (AvgIpc) is 2.73. The molecule has 0 aliphatic rings. The van der Waals surface area contributed by atoms with Gasteiger partial charge in [-0.25, -0.2) is 4.57 Å². The zero-order chi connectivity index (χ0) is 25.9. The predicted molar refractivity (Wildman–Crippen MR) is 132 cm³/mol. The van der Waals surface area contributed by atoms with Gasteiger partial charge in [-0.1, -0.05) is 65.2 Å². The minimum atomic E-state index is -4.32. The minimum Gasteiger partial charge on any atom is -0.462 e. The molecule has 0 saturated carbocycles. The molecule has 0 radical (unpaired) electrons. The van der Waals surface area contributed by atoms with Crippen LogP contribution in [-0.4, -0.2) is 74.9 Å². The van der Waals surface area contributed by atoms with Crippen molar-refractivity contribution in [3.8, 4) is 0 Å². The number of esters is 2. The Morgan fingerprint density at radius 2 is 1.38 bits per heavy atom. The van der Waals surface area contributed by atoms with Gasteiger partial charge in [0.15, 0.2) is 6.10 Å². The number of hydrogen-bond acceptors (Lipinski definition) is 7. The largest absolute Gasteiger partial charge is 0.472 e. The van der Waals surface area contributed by atoms with E-state index < -0.39 is 32.5 Å². The first-order chi connectivity index (χ1) is 16.0. The Hall–Kier alpha value is -0.990. The maximum atomic E-state index is 12.3. The van der Waals surface area contributed by atoms with Crippen LogP contribution in [0.3, 0.4) is 0 Å². The van der Waals surface area contributed by atoms with Crippen molar-refractivity contribution in [1.82, 2.24) is 0 Å². The van der Waals surface area contributed by atoms with Gasteiger partial charge in [-0.3, -0.25) is 18.6 Å². The molecule has 0 fully saturated rings. The Balaban J connectivity index is 4.43. The van der Waals surface area contributed by atoms with Crippen molar-refractivity contribution in [2.75, 3.05) is 47.5 Å². The molecule has 202 valence electrons. The maximum Gasteiger partial charge on any atom is 0.472 e. The first kappa shape index (κ1) is 33.0. The zero-order valence-corrected chi connectivity index (χ0v) is 23.0. The van der Waals surface area contributed by atoms with E-state index >= 15 is 0 Å². The molecule has 0 aromatic carbocycles. The highest BCUT2D eigenvalue weighted by Gasteiger charge is 2.26. The van der Waals surface area contributed by atoms with E-state index in [9.17, 15) is 19.0 Å². The van der Waals surface area contributed by atoms with Gasteiger partial charge in [0.2, 0.25) is 0 Å². The summed E-state index contributed by atoms with van der Waals surface area (Å²) in [5.74, 6) is -0.865. The van der Waals surface area contributed by atoms with Gasteiger partial charge in [0.25, 0.3) is 0 Å². The molecule has 0 aliphatic carbocycles.